The van der Waals surface area contributed by atoms with Crippen LogP contribution in [-0.2, 0) is 16.6 Å². The van der Waals surface area contributed by atoms with Crippen LogP contribution in [0.1, 0.15) is 5.56 Å². The van der Waals surface area contributed by atoms with Crippen molar-refractivity contribution in [2.75, 3.05) is 7.11 Å². The molecule has 0 atom stereocenters. The van der Waals surface area contributed by atoms with E-state index in [2.05, 4.69) is 4.72 Å². The summed E-state index contributed by atoms with van der Waals surface area (Å²) in [6.45, 7) is 0.114. The second-order valence-electron chi connectivity index (χ2n) is 4.42. The molecule has 2 aromatic rings. The summed E-state index contributed by atoms with van der Waals surface area (Å²) in [6, 6.07) is 11.7. The molecule has 2 aromatic carbocycles. The van der Waals surface area contributed by atoms with E-state index in [4.69, 9.17) is 4.74 Å². The number of nitro groups is 1. The summed E-state index contributed by atoms with van der Waals surface area (Å²) in [4.78, 5) is 9.95. The van der Waals surface area contributed by atoms with Gasteiger partial charge in [-0.05, 0) is 29.8 Å². The second-order valence-corrected chi connectivity index (χ2v) is 6.19. The lowest BCUT2D eigenvalue weighted by Crippen LogP contribution is -2.23. The number of non-ortho nitro benzene ring substituents is 1. The Kier molecular flexibility index (Phi) is 4.74. The first-order valence-corrected chi connectivity index (χ1v) is 7.78. The molecule has 0 aliphatic heterocycles. The summed E-state index contributed by atoms with van der Waals surface area (Å²) in [5.74, 6) is 0.682. The van der Waals surface area contributed by atoms with Gasteiger partial charge in [0.1, 0.15) is 5.75 Å². The predicted molar refractivity (Wildman–Crippen MR) is 80.1 cm³/mol. The van der Waals surface area contributed by atoms with Gasteiger partial charge < -0.3 is 4.74 Å². The molecule has 0 fully saturated rings. The van der Waals surface area contributed by atoms with Gasteiger partial charge in [0, 0.05) is 18.7 Å². The van der Waals surface area contributed by atoms with E-state index in [1.165, 1.54) is 12.1 Å². The van der Waals surface area contributed by atoms with Gasteiger partial charge in [0.05, 0.1) is 16.9 Å². The topological polar surface area (TPSA) is 98.5 Å². The SMILES string of the molecule is COc1ccc(CNS(=O)(=O)c2ccc([N+](=O)[O-])cc2)cc1. The first kappa shape index (κ1) is 15.9. The summed E-state index contributed by atoms with van der Waals surface area (Å²) in [5.41, 5.74) is 0.611. The summed E-state index contributed by atoms with van der Waals surface area (Å²) in [6.07, 6.45) is 0. The number of sulfonamides is 1. The van der Waals surface area contributed by atoms with Gasteiger partial charge in [0.2, 0.25) is 10.0 Å². The molecule has 0 aliphatic rings. The fourth-order valence-electron chi connectivity index (χ4n) is 1.75. The molecule has 0 spiro atoms. The van der Waals surface area contributed by atoms with E-state index in [1.807, 2.05) is 0 Å². The highest BCUT2D eigenvalue weighted by molar-refractivity contribution is 7.89. The molecule has 0 aliphatic carbocycles. The van der Waals surface area contributed by atoms with Crippen LogP contribution in [0.5, 0.6) is 5.75 Å². The largest absolute Gasteiger partial charge is 0.497 e. The maximum Gasteiger partial charge on any atom is 0.269 e. The molecule has 2 rings (SSSR count). The van der Waals surface area contributed by atoms with Crippen LogP contribution in [-0.4, -0.2) is 20.5 Å². The fraction of sp³-hybridized carbons (Fsp3) is 0.143. The van der Waals surface area contributed by atoms with Crippen LogP contribution in [0.3, 0.4) is 0 Å². The summed E-state index contributed by atoms with van der Waals surface area (Å²) in [7, 11) is -2.17. The number of benzene rings is 2. The highest BCUT2D eigenvalue weighted by atomic mass is 32.2. The average molecular weight is 322 g/mol. The molecule has 8 heteroatoms. The average Bonchev–Trinajstić information content (AvgIpc) is 2.53. The molecule has 0 aromatic heterocycles. The third-order valence-electron chi connectivity index (χ3n) is 2.98. The first-order chi connectivity index (χ1) is 10.4. The molecule has 22 heavy (non-hydrogen) atoms. The van der Waals surface area contributed by atoms with E-state index in [-0.39, 0.29) is 17.1 Å². The van der Waals surface area contributed by atoms with Crippen LogP contribution < -0.4 is 9.46 Å². The maximum atomic E-state index is 12.1. The lowest BCUT2D eigenvalue weighted by molar-refractivity contribution is -0.384. The Morgan fingerprint density at radius 1 is 1.09 bits per heavy atom. The molecule has 0 saturated heterocycles. The number of nitro benzene ring substituents is 1. The Hall–Kier alpha value is -2.45. The molecule has 0 unspecified atom stereocenters. The second kappa shape index (κ2) is 6.54. The number of methoxy groups -OCH3 is 1. The number of nitrogens with zero attached hydrogens (tertiary/aromatic N) is 1. The summed E-state index contributed by atoms with van der Waals surface area (Å²) >= 11 is 0. The van der Waals surface area contributed by atoms with Gasteiger partial charge in [-0.3, -0.25) is 10.1 Å². The first-order valence-electron chi connectivity index (χ1n) is 6.29. The number of rotatable bonds is 6. The zero-order chi connectivity index (χ0) is 16.2. The monoisotopic (exact) mass is 322 g/mol. The highest BCUT2D eigenvalue weighted by Gasteiger charge is 2.15. The van der Waals surface area contributed by atoms with E-state index in [0.717, 1.165) is 17.7 Å². The van der Waals surface area contributed by atoms with Crippen LogP contribution in [0.4, 0.5) is 5.69 Å². The van der Waals surface area contributed by atoms with Gasteiger partial charge in [0.25, 0.3) is 5.69 Å². The van der Waals surface area contributed by atoms with Crippen LogP contribution in [0, 0.1) is 10.1 Å². The van der Waals surface area contributed by atoms with E-state index < -0.39 is 14.9 Å². The number of nitrogens with one attached hydrogen (secondary N) is 1. The van der Waals surface area contributed by atoms with Gasteiger partial charge in [-0.2, -0.15) is 0 Å². The molecule has 0 bridgehead atoms. The molecule has 0 saturated carbocycles. The molecule has 116 valence electrons. The normalized spacial score (nSPS) is 11.1. The van der Waals surface area contributed by atoms with Crippen molar-refractivity contribution < 1.29 is 18.1 Å². The zero-order valence-corrected chi connectivity index (χ0v) is 12.5. The molecule has 0 radical (unpaired) electrons. The minimum Gasteiger partial charge on any atom is -0.497 e. The minimum atomic E-state index is -3.72. The predicted octanol–water partition coefficient (Wildman–Crippen LogP) is 2.08. The van der Waals surface area contributed by atoms with Crippen LogP contribution in [0.25, 0.3) is 0 Å². The third kappa shape index (κ3) is 3.80. The van der Waals surface area contributed by atoms with Crippen molar-refractivity contribution in [3.63, 3.8) is 0 Å². The van der Waals surface area contributed by atoms with Crippen molar-refractivity contribution in [2.24, 2.45) is 0 Å². The van der Waals surface area contributed by atoms with Gasteiger partial charge in [-0.15, -0.1) is 0 Å². The molecular formula is C14H14N2O5S. The molecule has 1 N–H and O–H groups in total. The Bertz CT molecular complexity index is 755. The minimum absolute atomic E-state index is 0.0217. The maximum absolute atomic E-state index is 12.1. The van der Waals surface area contributed by atoms with Gasteiger partial charge in [0.15, 0.2) is 0 Å². The quantitative estimate of drug-likeness (QED) is 0.648. The smallest absolute Gasteiger partial charge is 0.269 e. The number of ether oxygens (including phenoxy) is 1. The highest BCUT2D eigenvalue weighted by Crippen LogP contribution is 2.16. The van der Waals surface area contributed by atoms with Crippen LogP contribution in [0.2, 0.25) is 0 Å². The van der Waals surface area contributed by atoms with Crippen molar-refractivity contribution in [1.29, 1.82) is 0 Å². The Morgan fingerprint density at radius 3 is 2.18 bits per heavy atom. The lowest BCUT2D eigenvalue weighted by Gasteiger charge is -2.07. The van der Waals surface area contributed by atoms with E-state index in [9.17, 15) is 18.5 Å². The Labute approximate surface area is 127 Å². The van der Waals surface area contributed by atoms with Crippen LogP contribution >= 0.6 is 0 Å². The number of hydrogen-bond acceptors (Lipinski definition) is 5. The Balaban J connectivity index is 2.08. The zero-order valence-electron chi connectivity index (χ0n) is 11.7. The lowest BCUT2D eigenvalue weighted by atomic mass is 10.2. The van der Waals surface area contributed by atoms with E-state index in [0.29, 0.717) is 5.75 Å². The molecule has 0 heterocycles. The molecule has 7 nitrogen and oxygen atoms in total. The van der Waals surface area contributed by atoms with Crippen molar-refractivity contribution in [3.8, 4) is 5.75 Å². The molecular weight excluding hydrogens is 308 g/mol. The third-order valence-corrected chi connectivity index (χ3v) is 4.40. The van der Waals surface area contributed by atoms with Crippen LogP contribution in [0.15, 0.2) is 53.4 Å². The number of hydrogen-bond donors (Lipinski definition) is 1. The van der Waals surface area contributed by atoms with Gasteiger partial charge in [-0.1, -0.05) is 12.1 Å². The summed E-state index contributed by atoms with van der Waals surface area (Å²) < 4.78 is 31.7. The van der Waals surface area contributed by atoms with Crippen molar-refractivity contribution in [1.82, 2.24) is 4.72 Å². The van der Waals surface area contributed by atoms with E-state index in [1.54, 1.807) is 31.4 Å². The van der Waals surface area contributed by atoms with Crippen molar-refractivity contribution in [2.45, 2.75) is 11.4 Å². The van der Waals surface area contributed by atoms with E-state index >= 15 is 0 Å². The van der Waals surface area contributed by atoms with Gasteiger partial charge >= 0.3 is 0 Å². The fourth-order valence-corrected chi connectivity index (χ4v) is 2.77. The van der Waals surface area contributed by atoms with Crippen molar-refractivity contribution >= 4 is 15.7 Å². The van der Waals surface area contributed by atoms with Crippen molar-refractivity contribution in [3.05, 3.63) is 64.2 Å². The Morgan fingerprint density at radius 2 is 1.68 bits per heavy atom. The molecule has 0 amide bonds. The summed E-state index contributed by atoms with van der Waals surface area (Å²) in [5, 5.41) is 10.6. The standard InChI is InChI=1S/C14H14N2O5S/c1-21-13-6-2-11(3-7-13)10-15-22(19,20)14-8-4-12(5-9-14)16(17)18/h2-9,15H,10H2,1H3. The van der Waals surface area contributed by atoms with Gasteiger partial charge in [-0.25, -0.2) is 13.1 Å².